The number of carbonyl (C=O) groups is 1. The summed E-state index contributed by atoms with van der Waals surface area (Å²) in [4.78, 5) is 12.9. The lowest BCUT2D eigenvalue weighted by molar-refractivity contribution is 0.102. The quantitative estimate of drug-likeness (QED) is 0.344. The number of hydrogen-bond donors (Lipinski definition) is 1. The fourth-order valence-corrected chi connectivity index (χ4v) is 3.90. The molecule has 0 atom stereocenters. The number of hydrogen-bond acceptors (Lipinski definition) is 2. The molecule has 152 valence electrons. The van der Waals surface area contributed by atoms with Crippen LogP contribution in [-0.2, 0) is 6.54 Å². The molecule has 4 rings (SSSR count). The van der Waals surface area contributed by atoms with Crippen molar-refractivity contribution in [1.29, 1.82) is 0 Å². The zero-order chi connectivity index (χ0) is 21.3. The van der Waals surface area contributed by atoms with E-state index in [-0.39, 0.29) is 5.91 Å². The molecule has 0 saturated heterocycles. The maximum atomic E-state index is 12.9. The molecule has 3 aromatic carbocycles. The molecule has 0 bridgehead atoms. The molecular weight excluding hydrogens is 464 g/mol. The van der Waals surface area contributed by atoms with E-state index < -0.39 is 0 Å². The third kappa shape index (κ3) is 4.09. The molecule has 1 N–H and O–H groups in total. The first kappa shape index (κ1) is 20.5. The smallest absolute Gasteiger partial charge is 0.255 e. The summed E-state index contributed by atoms with van der Waals surface area (Å²) in [5, 5.41) is 4.62. The molecule has 4 nitrogen and oxygen atoms in total. The maximum absolute atomic E-state index is 12.9. The van der Waals surface area contributed by atoms with E-state index >= 15 is 0 Å². The monoisotopic (exact) mass is 482 g/mol. The summed E-state index contributed by atoms with van der Waals surface area (Å²) in [6, 6.07) is 21.0. The Bertz CT molecular complexity index is 1210. The zero-order valence-electron chi connectivity index (χ0n) is 16.6. The third-order valence-corrected chi connectivity index (χ3v) is 5.91. The fraction of sp³-hybridized carbons (Fsp3) is 0.125. The van der Waals surface area contributed by atoms with Gasteiger partial charge in [0.15, 0.2) is 0 Å². The molecule has 0 aliphatic heterocycles. The highest BCUT2D eigenvalue weighted by atomic mass is 79.9. The van der Waals surface area contributed by atoms with Crippen LogP contribution in [0.2, 0.25) is 5.02 Å². The summed E-state index contributed by atoms with van der Waals surface area (Å²) in [7, 11) is 1.64. The molecule has 6 heteroatoms. The molecule has 0 aliphatic rings. The summed E-state index contributed by atoms with van der Waals surface area (Å²) < 4.78 is 8.67. The number of halogens is 2. The number of rotatable bonds is 5. The first-order chi connectivity index (χ1) is 14.5. The van der Waals surface area contributed by atoms with Crippen LogP contribution in [0.3, 0.4) is 0 Å². The van der Waals surface area contributed by atoms with Crippen molar-refractivity contribution in [3.8, 4) is 5.75 Å². The molecular formula is C24H20BrClN2O2. The first-order valence-electron chi connectivity index (χ1n) is 9.44. The van der Waals surface area contributed by atoms with E-state index in [1.54, 1.807) is 31.4 Å². The van der Waals surface area contributed by atoms with Crippen molar-refractivity contribution in [2.45, 2.75) is 13.5 Å². The van der Waals surface area contributed by atoms with Crippen LogP contribution in [-0.4, -0.2) is 17.6 Å². The lowest BCUT2D eigenvalue weighted by Gasteiger charge is -2.10. The highest BCUT2D eigenvalue weighted by Gasteiger charge is 2.18. The van der Waals surface area contributed by atoms with Gasteiger partial charge in [-0.2, -0.15) is 0 Å². The standard InChI is InChI=1S/C24H20BrClN2O2/c1-15-23(27-24(29)17-5-9-19(26)10-6-17)21-13-20(30-2)11-12-22(21)28(15)14-16-3-7-18(25)8-4-16/h3-13H,14H2,1-2H3,(H,27,29). The first-order valence-corrected chi connectivity index (χ1v) is 10.6. The SMILES string of the molecule is COc1ccc2c(c1)c(NC(=O)c1ccc(Cl)cc1)c(C)n2Cc1ccc(Br)cc1. The molecule has 30 heavy (non-hydrogen) atoms. The Hall–Kier alpha value is -2.76. The largest absolute Gasteiger partial charge is 0.497 e. The van der Waals surface area contributed by atoms with Gasteiger partial charge in [-0.3, -0.25) is 4.79 Å². The topological polar surface area (TPSA) is 43.3 Å². The molecule has 0 fully saturated rings. The second-order valence-electron chi connectivity index (χ2n) is 7.02. The van der Waals surface area contributed by atoms with Crippen molar-refractivity contribution in [3.05, 3.63) is 93.0 Å². The van der Waals surface area contributed by atoms with Crippen molar-refractivity contribution in [2.24, 2.45) is 0 Å². The normalized spacial score (nSPS) is 10.9. The summed E-state index contributed by atoms with van der Waals surface area (Å²) in [5.74, 6) is 0.561. The van der Waals surface area contributed by atoms with Crippen LogP contribution in [0.5, 0.6) is 5.75 Å². The van der Waals surface area contributed by atoms with Crippen LogP contribution in [0.25, 0.3) is 10.9 Å². The number of carbonyl (C=O) groups excluding carboxylic acids is 1. The molecule has 4 aromatic rings. The average Bonchev–Trinajstić information content (AvgIpc) is 3.00. The Morgan fingerprint density at radius 3 is 2.43 bits per heavy atom. The maximum Gasteiger partial charge on any atom is 0.255 e. The minimum atomic E-state index is -0.180. The van der Waals surface area contributed by atoms with E-state index in [1.807, 2.05) is 37.3 Å². The Morgan fingerprint density at radius 2 is 1.77 bits per heavy atom. The molecule has 0 radical (unpaired) electrons. The summed E-state index contributed by atoms with van der Waals surface area (Å²) in [5.41, 5.74) is 4.51. The van der Waals surface area contributed by atoms with Gasteiger partial charge in [0.2, 0.25) is 0 Å². The molecule has 0 spiro atoms. The van der Waals surface area contributed by atoms with E-state index in [0.717, 1.165) is 32.5 Å². The average molecular weight is 484 g/mol. The Labute approximate surface area is 188 Å². The van der Waals surface area contributed by atoms with E-state index in [9.17, 15) is 4.79 Å². The fourth-order valence-electron chi connectivity index (χ4n) is 3.51. The minimum absolute atomic E-state index is 0.180. The van der Waals surface area contributed by atoms with Gasteiger partial charge in [0.05, 0.1) is 18.3 Å². The molecule has 0 unspecified atom stereocenters. The number of anilines is 1. The van der Waals surface area contributed by atoms with Gasteiger partial charge in [-0.1, -0.05) is 39.7 Å². The second-order valence-corrected chi connectivity index (χ2v) is 8.37. The Morgan fingerprint density at radius 1 is 1.07 bits per heavy atom. The van der Waals surface area contributed by atoms with Gasteiger partial charge in [-0.25, -0.2) is 0 Å². The summed E-state index contributed by atoms with van der Waals surface area (Å²) in [6.07, 6.45) is 0. The number of methoxy groups -OCH3 is 1. The van der Waals surface area contributed by atoms with Crippen molar-refractivity contribution in [2.75, 3.05) is 12.4 Å². The third-order valence-electron chi connectivity index (χ3n) is 5.13. The van der Waals surface area contributed by atoms with Crippen LogP contribution in [0, 0.1) is 6.92 Å². The van der Waals surface area contributed by atoms with Gasteiger partial charge >= 0.3 is 0 Å². The number of nitrogens with zero attached hydrogens (tertiary/aromatic N) is 1. The van der Waals surface area contributed by atoms with Crippen LogP contribution < -0.4 is 10.1 Å². The molecule has 0 saturated carbocycles. The van der Waals surface area contributed by atoms with Crippen molar-refractivity contribution < 1.29 is 9.53 Å². The van der Waals surface area contributed by atoms with Crippen molar-refractivity contribution in [3.63, 3.8) is 0 Å². The minimum Gasteiger partial charge on any atom is -0.497 e. The number of benzene rings is 3. The number of amides is 1. The van der Waals surface area contributed by atoms with Crippen LogP contribution in [0.1, 0.15) is 21.6 Å². The van der Waals surface area contributed by atoms with Crippen molar-refractivity contribution >= 4 is 50.0 Å². The van der Waals surface area contributed by atoms with E-state index in [4.69, 9.17) is 16.3 Å². The molecule has 0 aliphatic carbocycles. The highest BCUT2D eigenvalue weighted by molar-refractivity contribution is 9.10. The summed E-state index contributed by atoms with van der Waals surface area (Å²) >= 11 is 9.43. The molecule has 1 aromatic heterocycles. The molecule has 1 heterocycles. The van der Waals surface area contributed by atoms with Crippen LogP contribution in [0.15, 0.2) is 71.2 Å². The number of ether oxygens (including phenoxy) is 1. The van der Waals surface area contributed by atoms with E-state index in [0.29, 0.717) is 17.1 Å². The van der Waals surface area contributed by atoms with Gasteiger partial charge in [-0.05, 0) is 67.1 Å². The van der Waals surface area contributed by atoms with Crippen molar-refractivity contribution in [1.82, 2.24) is 4.57 Å². The van der Waals surface area contributed by atoms with E-state index in [2.05, 4.69) is 37.9 Å². The van der Waals surface area contributed by atoms with Gasteiger partial charge in [-0.15, -0.1) is 0 Å². The van der Waals surface area contributed by atoms with Gasteiger partial charge in [0.25, 0.3) is 5.91 Å². The van der Waals surface area contributed by atoms with Gasteiger partial charge in [0.1, 0.15) is 5.75 Å². The number of nitrogens with one attached hydrogen (secondary N) is 1. The predicted molar refractivity (Wildman–Crippen MR) is 126 cm³/mol. The summed E-state index contributed by atoms with van der Waals surface area (Å²) in [6.45, 7) is 2.71. The number of fused-ring (bicyclic) bond motifs is 1. The highest BCUT2D eigenvalue weighted by Crippen LogP contribution is 2.34. The van der Waals surface area contributed by atoms with Gasteiger partial charge in [0, 0.05) is 32.7 Å². The Kier molecular flexibility index (Phi) is 5.84. The second kappa shape index (κ2) is 8.54. The lowest BCUT2D eigenvalue weighted by Crippen LogP contribution is -2.13. The van der Waals surface area contributed by atoms with Crippen LogP contribution in [0.4, 0.5) is 5.69 Å². The van der Waals surface area contributed by atoms with Crippen LogP contribution >= 0.6 is 27.5 Å². The van der Waals surface area contributed by atoms with E-state index in [1.165, 1.54) is 5.56 Å². The predicted octanol–water partition coefficient (Wildman–Crippen LogP) is 6.67. The Balaban J connectivity index is 1.77. The number of aromatic nitrogens is 1. The zero-order valence-corrected chi connectivity index (χ0v) is 18.9. The van der Waals surface area contributed by atoms with Gasteiger partial charge < -0.3 is 14.6 Å². The lowest BCUT2D eigenvalue weighted by atomic mass is 10.2. The molecule has 1 amide bonds.